The van der Waals surface area contributed by atoms with Gasteiger partial charge in [-0.2, -0.15) is 0 Å². The van der Waals surface area contributed by atoms with Gasteiger partial charge in [-0.05, 0) is 40.2 Å². The van der Waals surface area contributed by atoms with E-state index in [2.05, 4.69) is 25.9 Å². The molecule has 2 aromatic rings. The molecule has 5 heteroatoms. The van der Waals surface area contributed by atoms with E-state index in [-0.39, 0.29) is 0 Å². The Labute approximate surface area is 102 Å². The highest BCUT2D eigenvalue weighted by Gasteiger charge is 2.00. The Hall–Kier alpha value is -1.49. The van der Waals surface area contributed by atoms with E-state index >= 15 is 0 Å². The van der Waals surface area contributed by atoms with E-state index in [1.54, 1.807) is 13.3 Å². The molecule has 1 heterocycles. The van der Waals surface area contributed by atoms with Crippen molar-refractivity contribution in [1.82, 2.24) is 9.97 Å². The van der Waals surface area contributed by atoms with E-state index in [1.807, 2.05) is 24.3 Å². The standard InChI is InChI=1S/C11H11BrN2O2/c1-15-8-2-4-9(5-3-8)16-7-11-13-6-10(12)14-11/h2-6H,7H2,1H3,(H,13,14). The van der Waals surface area contributed by atoms with Gasteiger partial charge in [-0.3, -0.25) is 0 Å². The maximum Gasteiger partial charge on any atom is 0.146 e. The number of nitrogens with one attached hydrogen (secondary N) is 1. The van der Waals surface area contributed by atoms with Crippen LogP contribution in [0.3, 0.4) is 0 Å². The summed E-state index contributed by atoms with van der Waals surface area (Å²) < 4.78 is 11.4. The number of methoxy groups -OCH3 is 1. The molecule has 0 unspecified atom stereocenters. The number of hydrogen-bond donors (Lipinski definition) is 1. The predicted octanol–water partition coefficient (Wildman–Crippen LogP) is 2.76. The summed E-state index contributed by atoms with van der Waals surface area (Å²) in [6, 6.07) is 7.43. The van der Waals surface area contributed by atoms with Crippen LogP contribution in [-0.2, 0) is 6.61 Å². The van der Waals surface area contributed by atoms with E-state index in [0.29, 0.717) is 6.61 Å². The minimum absolute atomic E-state index is 0.415. The van der Waals surface area contributed by atoms with Gasteiger partial charge in [-0.25, -0.2) is 4.98 Å². The number of ether oxygens (including phenoxy) is 2. The van der Waals surface area contributed by atoms with Gasteiger partial charge in [0.2, 0.25) is 0 Å². The number of halogens is 1. The topological polar surface area (TPSA) is 47.1 Å². The van der Waals surface area contributed by atoms with Crippen LogP contribution in [0.4, 0.5) is 0 Å². The number of imidazole rings is 1. The third-order valence-corrected chi connectivity index (χ3v) is 2.44. The Bertz CT molecular complexity index is 453. The van der Waals surface area contributed by atoms with Crippen LogP contribution in [0.15, 0.2) is 35.1 Å². The molecule has 16 heavy (non-hydrogen) atoms. The van der Waals surface area contributed by atoms with Crippen molar-refractivity contribution in [3.63, 3.8) is 0 Å². The van der Waals surface area contributed by atoms with Crippen LogP contribution in [0, 0.1) is 0 Å². The van der Waals surface area contributed by atoms with E-state index < -0.39 is 0 Å². The summed E-state index contributed by atoms with van der Waals surface area (Å²) in [6.45, 7) is 0.415. The summed E-state index contributed by atoms with van der Waals surface area (Å²) in [6.07, 6.45) is 1.70. The molecule has 0 aliphatic heterocycles. The first-order valence-electron chi connectivity index (χ1n) is 4.74. The van der Waals surface area contributed by atoms with Crippen LogP contribution < -0.4 is 9.47 Å². The smallest absolute Gasteiger partial charge is 0.146 e. The average molecular weight is 283 g/mol. The Morgan fingerprint density at radius 2 is 1.94 bits per heavy atom. The maximum absolute atomic E-state index is 5.53. The lowest BCUT2D eigenvalue weighted by Gasteiger charge is -2.05. The van der Waals surface area contributed by atoms with Crippen molar-refractivity contribution < 1.29 is 9.47 Å². The molecule has 2 rings (SSSR count). The first-order chi connectivity index (χ1) is 7.78. The molecule has 0 fully saturated rings. The van der Waals surface area contributed by atoms with Crippen molar-refractivity contribution >= 4 is 15.9 Å². The molecule has 0 saturated carbocycles. The zero-order chi connectivity index (χ0) is 11.4. The predicted molar refractivity (Wildman–Crippen MR) is 63.6 cm³/mol. The van der Waals surface area contributed by atoms with Crippen LogP contribution in [0.25, 0.3) is 0 Å². The van der Waals surface area contributed by atoms with Gasteiger partial charge in [0, 0.05) is 0 Å². The lowest BCUT2D eigenvalue weighted by atomic mass is 10.3. The molecule has 1 aromatic carbocycles. The summed E-state index contributed by atoms with van der Waals surface area (Å²) in [5.41, 5.74) is 0. The minimum atomic E-state index is 0.415. The summed E-state index contributed by atoms with van der Waals surface area (Å²) in [4.78, 5) is 7.14. The van der Waals surface area contributed by atoms with Crippen molar-refractivity contribution in [3.05, 3.63) is 40.9 Å². The Morgan fingerprint density at radius 1 is 1.25 bits per heavy atom. The van der Waals surface area contributed by atoms with Gasteiger partial charge in [-0.1, -0.05) is 0 Å². The second-order valence-electron chi connectivity index (χ2n) is 3.14. The normalized spacial score (nSPS) is 10.1. The van der Waals surface area contributed by atoms with Crippen molar-refractivity contribution in [3.8, 4) is 11.5 Å². The molecule has 0 spiro atoms. The first kappa shape index (κ1) is 11.0. The summed E-state index contributed by atoms with van der Waals surface area (Å²) in [5.74, 6) is 2.38. The van der Waals surface area contributed by atoms with Gasteiger partial charge in [0.05, 0.1) is 13.3 Å². The molecule has 4 nitrogen and oxygen atoms in total. The number of hydrogen-bond acceptors (Lipinski definition) is 3. The number of rotatable bonds is 4. The van der Waals surface area contributed by atoms with Gasteiger partial charge < -0.3 is 14.5 Å². The zero-order valence-corrected chi connectivity index (χ0v) is 10.3. The van der Waals surface area contributed by atoms with Gasteiger partial charge >= 0.3 is 0 Å². The fourth-order valence-corrected chi connectivity index (χ4v) is 1.57. The number of aromatic nitrogens is 2. The first-order valence-corrected chi connectivity index (χ1v) is 5.53. The maximum atomic E-state index is 5.53. The highest BCUT2D eigenvalue weighted by molar-refractivity contribution is 9.10. The second-order valence-corrected chi connectivity index (χ2v) is 4.00. The van der Waals surface area contributed by atoms with Crippen molar-refractivity contribution in [1.29, 1.82) is 0 Å². The van der Waals surface area contributed by atoms with E-state index in [0.717, 1.165) is 21.9 Å². The lowest BCUT2D eigenvalue weighted by Crippen LogP contribution is -1.97. The van der Waals surface area contributed by atoms with Crippen molar-refractivity contribution in [2.45, 2.75) is 6.61 Å². The minimum Gasteiger partial charge on any atom is -0.497 e. The fourth-order valence-electron chi connectivity index (χ4n) is 1.23. The second kappa shape index (κ2) is 5.03. The third-order valence-electron chi connectivity index (χ3n) is 2.03. The highest BCUT2D eigenvalue weighted by Crippen LogP contribution is 2.17. The summed E-state index contributed by atoms with van der Waals surface area (Å²) in [5, 5.41) is 0. The van der Waals surface area contributed by atoms with Gasteiger partial charge in [0.15, 0.2) is 0 Å². The molecule has 84 valence electrons. The molecule has 0 saturated heterocycles. The average Bonchev–Trinajstić information content (AvgIpc) is 2.73. The molecular formula is C11H11BrN2O2. The largest absolute Gasteiger partial charge is 0.497 e. The van der Waals surface area contributed by atoms with Crippen molar-refractivity contribution in [2.24, 2.45) is 0 Å². The summed E-state index contributed by atoms with van der Waals surface area (Å²) in [7, 11) is 1.64. The fraction of sp³-hybridized carbons (Fsp3) is 0.182. The molecule has 0 aliphatic rings. The van der Waals surface area contributed by atoms with Gasteiger partial charge in [0.1, 0.15) is 28.5 Å². The highest BCUT2D eigenvalue weighted by atomic mass is 79.9. The van der Waals surface area contributed by atoms with Crippen LogP contribution >= 0.6 is 15.9 Å². The molecule has 0 radical (unpaired) electrons. The quantitative estimate of drug-likeness (QED) is 0.938. The van der Waals surface area contributed by atoms with Crippen molar-refractivity contribution in [2.75, 3.05) is 7.11 Å². The Kier molecular flexibility index (Phi) is 3.46. The van der Waals surface area contributed by atoms with E-state index in [1.165, 1.54) is 0 Å². The lowest BCUT2D eigenvalue weighted by molar-refractivity contribution is 0.296. The number of aromatic amines is 1. The summed E-state index contributed by atoms with van der Waals surface area (Å²) >= 11 is 3.29. The van der Waals surface area contributed by atoms with Crippen LogP contribution in [0.5, 0.6) is 11.5 Å². The van der Waals surface area contributed by atoms with Crippen LogP contribution in [-0.4, -0.2) is 17.1 Å². The molecule has 1 N–H and O–H groups in total. The third kappa shape index (κ3) is 2.76. The molecular weight excluding hydrogens is 272 g/mol. The van der Waals surface area contributed by atoms with E-state index in [9.17, 15) is 0 Å². The number of benzene rings is 1. The monoisotopic (exact) mass is 282 g/mol. The zero-order valence-electron chi connectivity index (χ0n) is 8.74. The molecule has 1 aromatic heterocycles. The molecule has 0 aliphatic carbocycles. The van der Waals surface area contributed by atoms with Crippen LogP contribution in [0.2, 0.25) is 0 Å². The van der Waals surface area contributed by atoms with Gasteiger partial charge in [0.25, 0.3) is 0 Å². The Morgan fingerprint density at radius 3 is 2.50 bits per heavy atom. The van der Waals surface area contributed by atoms with E-state index in [4.69, 9.17) is 9.47 Å². The molecule has 0 bridgehead atoms. The number of H-pyrrole nitrogens is 1. The molecule has 0 atom stereocenters. The SMILES string of the molecule is COc1ccc(OCc2ncc(Br)[nH]2)cc1. The van der Waals surface area contributed by atoms with Gasteiger partial charge in [-0.15, -0.1) is 0 Å². The number of nitrogens with zero attached hydrogens (tertiary/aromatic N) is 1. The molecule has 0 amide bonds. The Balaban J connectivity index is 1.94. The van der Waals surface area contributed by atoms with Crippen LogP contribution in [0.1, 0.15) is 5.82 Å².